The highest BCUT2D eigenvalue weighted by Gasteiger charge is 2.33. The SMILES string of the molecule is CCOC(=O)C1=C(C)N=c2sc(=Cc3scnc3C)c(=O)n2C1c1cccs1. The van der Waals surface area contributed by atoms with Crippen LogP contribution in [0.3, 0.4) is 0 Å². The molecule has 1 atom stereocenters. The van der Waals surface area contributed by atoms with E-state index in [1.807, 2.05) is 30.5 Å². The molecule has 0 amide bonds. The number of nitrogens with zero attached hydrogens (tertiary/aromatic N) is 3. The summed E-state index contributed by atoms with van der Waals surface area (Å²) >= 11 is 4.32. The second-order valence-electron chi connectivity index (χ2n) is 6.12. The summed E-state index contributed by atoms with van der Waals surface area (Å²) in [6.07, 6.45) is 1.85. The van der Waals surface area contributed by atoms with Gasteiger partial charge in [-0.15, -0.1) is 22.7 Å². The molecule has 3 aromatic heterocycles. The monoisotopic (exact) mass is 431 g/mol. The van der Waals surface area contributed by atoms with E-state index in [4.69, 9.17) is 4.74 Å². The molecule has 0 bridgehead atoms. The minimum Gasteiger partial charge on any atom is -0.463 e. The first-order chi connectivity index (χ1) is 13.5. The van der Waals surface area contributed by atoms with Crippen LogP contribution in [0.5, 0.6) is 0 Å². The van der Waals surface area contributed by atoms with Crippen LogP contribution in [0, 0.1) is 6.92 Å². The Morgan fingerprint density at radius 1 is 1.36 bits per heavy atom. The molecule has 1 unspecified atom stereocenters. The minimum absolute atomic E-state index is 0.163. The molecule has 0 fully saturated rings. The highest BCUT2D eigenvalue weighted by Crippen LogP contribution is 2.33. The first kappa shape index (κ1) is 19.0. The van der Waals surface area contributed by atoms with E-state index in [0.29, 0.717) is 20.6 Å². The lowest BCUT2D eigenvalue weighted by Crippen LogP contribution is -2.39. The molecule has 0 saturated carbocycles. The number of esters is 1. The Hall–Kier alpha value is -2.36. The lowest BCUT2D eigenvalue weighted by molar-refractivity contribution is -0.139. The molecule has 1 aliphatic rings. The van der Waals surface area contributed by atoms with Crippen molar-refractivity contribution in [1.82, 2.24) is 9.55 Å². The quantitative estimate of drug-likeness (QED) is 0.595. The van der Waals surface area contributed by atoms with Crippen LogP contribution < -0.4 is 14.9 Å². The average Bonchev–Trinajstić information content (AvgIpc) is 3.38. The number of thiazole rings is 2. The summed E-state index contributed by atoms with van der Waals surface area (Å²) in [6, 6.07) is 3.31. The van der Waals surface area contributed by atoms with Crippen LogP contribution in [0.2, 0.25) is 0 Å². The van der Waals surface area contributed by atoms with Gasteiger partial charge in [0.15, 0.2) is 4.80 Å². The molecule has 0 aliphatic carbocycles. The van der Waals surface area contributed by atoms with E-state index >= 15 is 0 Å². The lowest BCUT2D eigenvalue weighted by Gasteiger charge is -2.23. The van der Waals surface area contributed by atoms with Gasteiger partial charge in [-0.05, 0) is 38.3 Å². The standard InChI is InChI=1S/C19H17N3O3S3/c1-4-25-18(24)15-11(3)21-19-22(16(15)12-6-5-7-26-12)17(23)14(28-19)8-13-10(2)20-9-27-13/h5-9,16H,4H2,1-3H3. The van der Waals surface area contributed by atoms with Crippen LogP contribution >= 0.6 is 34.0 Å². The van der Waals surface area contributed by atoms with Gasteiger partial charge < -0.3 is 4.74 Å². The first-order valence-electron chi connectivity index (χ1n) is 8.64. The molecule has 4 heterocycles. The molecule has 6 nitrogen and oxygen atoms in total. The summed E-state index contributed by atoms with van der Waals surface area (Å²) in [7, 11) is 0. The number of carbonyl (C=O) groups excluding carboxylic acids is 1. The number of hydrogen-bond donors (Lipinski definition) is 0. The van der Waals surface area contributed by atoms with E-state index in [-0.39, 0.29) is 12.2 Å². The van der Waals surface area contributed by atoms with Gasteiger partial charge in [0, 0.05) is 4.88 Å². The largest absolute Gasteiger partial charge is 0.463 e. The van der Waals surface area contributed by atoms with E-state index in [2.05, 4.69) is 9.98 Å². The van der Waals surface area contributed by atoms with Gasteiger partial charge in [0.05, 0.1) is 38.5 Å². The van der Waals surface area contributed by atoms with Crippen molar-refractivity contribution >= 4 is 46.1 Å². The lowest BCUT2D eigenvalue weighted by atomic mass is 10.0. The van der Waals surface area contributed by atoms with Crippen molar-refractivity contribution in [3.8, 4) is 0 Å². The third kappa shape index (κ3) is 3.19. The van der Waals surface area contributed by atoms with Gasteiger partial charge in [0.2, 0.25) is 0 Å². The topological polar surface area (TPSA) is 73.6 Å². The highest BCUT2D eigenvalue weighted by molar-refractivity contribution is 7.11. The van der Waals surface area contributed by atoms with Crippen molar-refractivity contribution in [1.29, 1.82) is 0 Å². The Balaban J connectivity index is 1.96. The van der Waals surface area contributed by atoms with Crippen molar-refractivity contribution in [3.05, 3.63) is 69.4 Å². The molecular weight excluding hydrogens is 414 g/mol. The van der Waals surface area contributed by atoms with Crippen LogP contribution in [0.4, 0.5) is 0 Å². The predicted octanol–water partition coefficient (Wildman–Crippen LogP) is 2.62. The predicted molar refractivity (Wildman–Crippen MR) is 112 cm³/mol. The maximum atomic E-state index is 13.3. The second-order valence-corrected chi connectivity index (χ2v) is 8.99. The van der Waals surface area contributed by atoms with Crippen molar-refractivity contribution in [2.75, 3.05) is 6.61 Å². The Morgan fingerprint density at radius 2 is 2.18 bits per heavy atom. The van der Waals surface area contributed by atoms with Crippen LogP contribution in [0.1, 0.15) is 35.3 Å². The number of fused-ring (bicyclic) bond motifs is 1. The molecule has 28 heavy (non-hydrogen) atoms. The maximum Gasteiger partial charge on any atom is 0.338 e. The number of allylic oxidation sites excluding steroid dienone is 1. The summed E-state index contributed by atoms with van der Waals surface area (Å²) < 4.78 is 7.45. The zero-order chi connectivity index (χ0) is 19.8. The Morgan fingerprint density at radius 3 is 2.82 bits per heavy atom. The van der Waals surface area contributed by atoms with Gasteiger partial charge in [-0.1, -0.05) is 17.4 Å². The fourth-order valence-corrected chi connectivity index (χ4v) is 5.74. The Labute approximate surface area is 172 Å². The van der Waals surface area contributed by atoms with Crippen LogP contribution in [-0.2, 0) is 9.53 Å². The van der Waals surface area contributed by atoms with E-state index in [9.17, 15) is 9.59 Å². The van der Waals surface area contributed by atoms with Gasteiger partial charge in [0.25, 0.3) is 5.56 Å². The number of aromatic nitrogens is 2. The molecule has 0 radical (unpaired) electrons. The van der Waals surface area contributed by atoms with Gasteiger partial charge in [-0.2, -0.15) is 0 Å². The zero-order valence-corrected chi connectivity index (χ0v) is 17.9. The van der Waals surface area contributed by atoms with Gasteiger partial charge >= 0.3 is 5.97 Å². The van der Waals surface area contributed by atoms with Gasteiger partial charge in [-0.25, -0.2) is 14.8 Å². The third-order valence-corrected chi connectivity index (χ3v) is 7.16. The van der Waals surface area contributed by atoms with Crippen molar-refractivity contribution in [3.63, 3.8) is 0 Å². The second kappa shape index (κ2) is 7.57. The van der Waals surface area contributed by atoms with Crippen molar-refractivity contribution in [2.24, 2.45) is 4.99 Å². The number of aryl methyl sites for hydroxylation is 1. The van der Waals surface area contributed by atoms with Crippen molar-refractivity contribution < 1.29 is 9.53 Å². The fraction of sp³-hybridized carbons (Fsp3) is 0.263. The summed E-state index contributed by atoms with van der Waals surface area (Å²) in [4.78, 5) is 37.2. The molecule has 4 rings (SSSR count). The number of rotatable bonds is 4. The molecule has 144 valence electrons. The summed E-state index contributed by atoms with van der Waals surface area (Å²) in [5.41, 5.74) is 3.48. The highest BCUT2D eigenvalue weighted by atomic mass is 32.1. The van der Waals surface area contributed by atoms with E-state index < -0.39 is 12.0 Å². The summed E-state index contributed by atoms with van der Waals surface area (Å²) in [6.45, 7) is 5.73. The molecular formula is C19H17N3O3S3. The smallest absolute Gasteiger partial charge is 0.338 e. The van der Waals surface area contributed by atoms with E-state index in [1.165, 1.54) is 34.0 Å². The van der Waals surface area contributed by atoms with Crippen molar-refractivity contribution in [2.45, 2.75) is 26.8 Å². The van der Waals surface area contributed by atoms with E-state index in [1.54, 1.807) is 23.9 Å². The average molecular weight is 432 g/mol. The number of thiophene rings is 1. The number of ether oxygens (including phenoxy) is 1. The maximum absolute atomic E-state index is 13.3. The summed E-state index contributed by atoms with van der Waals surface area (Å²) in [5.74, 6) is -0.435. The summed E-state index contributed by atoms with van der Waals surface area (Å²) in [5, 5.41) is 1.93. The normalized spacial score (nSPS) is 16.8. The molecule has 0 N–H and O–H groups in total. The number of hydrogen-bond acceptors (Lipinski definition) is 8. The van der Waals surface area contributed by atoms with Gasteiger partial charge in [0.1, 0.15) is 6.04 Å². The Kier molecular flexibility index (Phi) is 5.13. The number of carbonyl (C=O) groups is 1. The molecule has 3 aromatic rings. The fourth-order valence-electron chi connectivity index (χ4n) is 3.08. The van der Waals surface area contributed by atoms with Crippen LogP contribution in [0.15, 0.2) is 44.1 Å². The molecule has 9 heteroatoms. The first-order valence-corrected chi connectivity index (χ1v) is 11.2. The third-order valence-electron chi connectivity index (χ3n) is 4.37. The molecule has 0 spiro atoms. The minimum atomic E-state index is -0.528. The van der Waals surface area contributed by atoms with Crippen LogP contribution in [-0.4, -0.2) is 22.1 Å². The molecule has 1 aliphatic heterocycles. The van der Waals surface area contributed by atoms with Gasteiger partial charge in [-0.3, -0.25) is 9.36 Å². The Bertz CT molecular complexity index is 1250. The molecule has 0 aromatic carbocycles. The molecule has 0 saturated heterocycles. The van der Waals surface area contributed by atoms with E-state index in [0.717, 1.165) is 15.4 Å². The zero-order valence-electron chi connectivity index (χ0n) is 15.5. The van der Waals surface area contributed by atoms with Crippen LogP contribution in [0.25, 0.3) is 6.08 Å².